The van der Waals surface area contributed by atoms with Crippen LogP contribution in [-0.4, -0.2) is 0 Å². The van der Waals surface area contributed by atoms with Crippen molar-refractivity contribution in [1.82, 2.24) is 0 Å². The minimum Gasteiger partial charge on any atom is -0.0776 e. The maximum atomic E-state index is 2.27. The summed E-state index contributed by atoms with van der Waals surface area (Å²) in [6.45, 7) is 13.6. The molecule has 0 fully saturated rings. The molecule has 0 N–H and O–H groups in total. The van der Waals surface area contributed by atoms with Crippen LogP contribution in [0.4, 0.5) is 0 Å². The molecular weight excluding hydrogens is 384 g/mol. The van der Waals surface area contributed by atoms with Crippen molar-refractivity contribution in [1.29, 1.82) is 0 Å². The van der Waals surface area contributed by atoms with Gasteiger partial charge in [-0.3, -0.25) is 0 Å². The highest BCUT2D eigenvalue weighted by molar-refractivity contribution is 4.45. The molecule has 0 radical (unpaired) electrons. The minimum atomic E-state index is 0. The zero-order valence-electron chi connectivity index (χ0n) is 23.0. The van der Waals surface area contributed by atoms with Gasteiger partial charge in [0, 0.05) is 0 Å². The average molecular weight is 459 g/mol. The largest absolute Gasteiger partial charge is 0.0776 e. The molecule has 0 aromatic heterocycles. The van der Waals surface area contributed by atoms with Gasteiger partial charge in [-0.15, -0.1) is 0 Å². The summed E-state index contributed by atoms with van der Waals surface area (Å²) < 4.78 is 0. The fraction of sp³-hybridized carbons (Fsp3) is 1.00. The van der Waals surface area contributed by atoms with Gasteiger partial charge in [-0.25, -0.2) is 0 Å². The van der Waals surface area contributed by atoms with Gasteiger partial charge in [0.05, 0.1) is 0 Å². The number of rotatable bonds is 21. The van der Waals surface area contributed by atoms with Gasteiger partial charge in [0.2, 0.25) is 0 Å². The SMILES string of the molecule is C.C.CCCCCCCCC.CCCCCCCCCC.CCCCCCCCCCC. The van der Waals surface area contributed by atoms with Gasteiger partial charge >= 0.3 is 0 Å². The minimum absolute atomic E-state index is 0. The molecule has 0 amide bonds. The van der Waals surface area contributed by atoms with Gasteiger partial charge in [-0.1, -0.05) is 210 Å². The second-order valence-corrected chi connectivity index (χ2v) is 9.36. The Bertz CT molecular complexity index is 198. The van der Waals surface area contributed by atoms with Crippen LogP contribution >= 0.6 is 0 Å². The molecule has 0 nitrogen and oxygen atoms in total. The summed E-state index contributed by atoms with van der Waals surface area (Å²) >= 11 is 0. The Kier molecular flexibility index (Phi) is 63.9. The first-order valence-corrected chi connectivity index (χ1v) is 14.7. The molecule has 0 aliphatic rings. The summed E-state index contributed by atoms with van der Waals surface area (Å²) in [6.07, 6.45) is 34.4. The number of hydrogen-bond acceptors (Lipinski definition) is 0. The lowest BCUT2D eigenvalue weighted by atomic mass is 10.1. The zero-order chi connectivity index (χ0) is 23.0. The van der Waals surface area contributed by atoms with Gasteiger partial charge in [-0.05, 0) is 0 Å². The molecule has 0 saturated carbocycles. The Morgan fingerprint density at radius 2 is 0.281 bits per heavy atom. The third kappa shape index (κ3) is 57.2. The zero-order valence-corrected chi connectivity index (χ0v) is 23.0. The lowest BCUT2D eigenvalue weighted by Gasteiger charge is -1.98. The van der Waals surface area contributed by atoms with Crippen LogP contribution in [0.2, 0.25) is 0 Å². The summed E-state index contributed by atoms with van der Waals surface area (Å²) in [5.74, 6) is 0. The molecule has 0 heterocycles. The predicted octanol–water partition coefficient (Wildman–Crippen LogP) is 13.7. The number of unbranched alkanes of at least 4 members (excludes halogenated alkanes) is 21. The van der Waals surface area contributed by atoms with Crippen LogP contribution < -0.4 is 0 Å². The summed E-state index contributed by atoms with van der Waals surface area (Å²) in [6, 6.07) is 0. The number of hydrogen-bond donors (Lipinski definition) is 0. The topological polar surface area (TPSA) is 0 Å². The first-order valence-electron chi connectivity index (χ1n) is 14.7. The molecule has 0 saturated heterocycles. The van der Waals surface area contributed by atoms with Gasteiger partial charge in [0.1, 0.15) is 0 Å². The van der Waals surface area contributed by atoms with Crippen molar-refractivity contribution >= 4 is 0 Å². The van der Waals surface area contributed by atoms with Crippen molar-refractivity contribution in [3.05, 3.63) is 0 Å². The monoisotopic (exact) mass is 459 g/mol. The molecule has 0 atom stereocenters. The highest BCUT2D eigenvalue weighted by Crippen LogP contribution is 2.09. The predicted molar refractivity (Wildman–Crippen MR) is 158 cm³/mol. The van der Waals surface area contributed by atoms with Gasteiger partial charge < -0.3 is 0 Å². The van der Waals surface area contributed by atoms with Crippen molar-refractivity contribution in [2.24, 2.45) is 0 Å². The summed E-state index contributed by atoms with van der Waals surface area (Å²) in [5.41, 5.74) is 0. The molecule has 0 aromatic rings. The van der Waals surface area contributed by atoms with Crippen molar-refractivity contribution in [2.75, 3.05) is 0 Å². The first-order chi connectivity index (χ1) is 14.7. The van der Waals surface area contributed by atoms with Gasteiger partial charge in [0.25, 0.3) is 0 Å². The molecule has 0 spiro atoms. The molecule has 0 aromatic carbocycles. The van der Waals surface area contributed by atoms with Crippen LogP contribution in [0, 0.1) is 0 Å². The average Bonchev–Trinajstić information content (AvgIpc) is 2.76. The standard InChI is InChI=1S/C11H24.C10H22.C9H20.2CH4/c1-3-5-7-9-11-10-8-6-4-2;1-3-5-7-9-10-8-6-4-2;1-3-5-7-9-8-6-4-2;;/h3-11H2,1-2H3;3-10H2,1-2H3;3-9H2,1-2H3;2*1H4. The molecule has 0 aliphatic carbocycles. The molecule has 0 heteroatoms. The summed E-state index contributed by atoms with van der Waals surface area (Å²) in [4.78, 5) is 0. The second kappa shape index (κ2) is 48.4. The molecule has 32 heavy (non-hydrogen) atoms. The van der Waals surface area contributed by atoms with Gasteiger partial charge in [-0.2, -0.15) is 0 Å². The van der Waals surface area contributed by atoms with Crippen LogP contribution in [-0.2, 0) is 0 Å². The van der Waals surface area contributed by atoms with E-state index in [4.69, 9.17) is 0 Å². The first kappa shape index (κ1) is 42.2. The Balaban J connectivity index is -0.000000111. The Hall–Kier alpha value is 0. The van der Waals surface area contributed by atoms with Crippen LogP contribution in [0.3, 0.4) is 0 Å². The van der Waals surface area contributed by atoms with E-state index >= 15 is 0 Å². The Labute approximate surface area is 210 Å². The Morgan fingerprint density at radius 3 is 0.375 bits per heavy atom. The fourth-order valence-corrected chi connectivity index (χ4v) is 3.62. The lowest BCUT2D eigenvalue weighted by molar-refractivity contribution is 0.572. The summed E-state index contributed by atoms with van der Waals surface area (Å²) in [5, 5.41) is 0. The quantitative estimate of drug-likeness (QED) is 0.150. The third-order valence-electron chi connectivity index (χ3n) is 5.87. The maximum absolute atomic E-state index is 2.27. The lowest BCUT2D eigenvalue weighted by Crippen LogP contribution is -1.79. The fourth-order valence-electron chi connectivity index (χ4n) is 3.62. The van der Waals surface area contributed by atoms with Crippen molar-refractivity contribution in [3.63, 3.8) is 0 Å². The normalized spacial score (nSPS) is 9.56. The van der Waals surface area contributed by atoms with E-state index in [1.54, 1.807) is 0 Å². The smallest absolute Gasteiger partial charge is 0.0533 e. The van der Waals surface area contributed by atoms with E-state index in [9.17, 15) is 0 Å². The van der Waals surface area contributed by atoms with E-state index in [2.05, 4.69) is 41.5 Å². The van der Waals surface area contributed by atoms with Crippen molar-refractivity contribution in [3.8, 4) is 0 Å². The molecule has 202 valence electrons. The van der Waals surface area contributed by atoms with Crippen LogP contribution in [0.25, 0.3) is 0 Å². The second-order valence-electron chi connectivity index (χ2n) is 9.36. The molecule has 0 bridgehead atoms. The van der Waals surface area contributed by atoms with Crippen LogP contribution in [0.5, 0.6) is 0 Å². The third-order valence-corrected chi connectivity index (χ3v) is 5.87. The van der Waals surface area contributed by atoms with E-state index in [1.807, 2.05) is 0 Å². The van der Waals surface area contributed by atoms with Crippen molar-refractivity contribution < 1.29 is 0 Å². The summed E-state index contributed by atoms with van der Waals surface area (Å²) in [7, 11) is 0. The van der Waals surface area contributed by atoms with E-state index in [0.29, 0.717) is 0 Å². The van der Waals surface area contributed by atoms with Crippen LogP contribution in [0.15, 0.2) is 0 Å². The van der Waals surface area contributed by atoms with Crippen molar-refractivity contribution in [2.45, 2.75) is 210 Å². The highest BCUT2D eigenvalue weighted by atomic mass is 14.0. The molecular formula is C32H74. The van der Waals surface area contributed by atoms with E-state index in [-0.39, 0.29) is 14.9 Å². The van der Waals surface area contributed by atoms with E-state index in [0.717, 1.165) is 0 Å². The van der Waals surface area contributed by atoms with E-state index < -0.39 is 0 Å². The van der Waals surface area contributed by atoms with E-state index in [1.165, 1.54) is 154 Å². The molecule has 0 rings (SSSR count). The maximum Gasteiger partial charge on any atom is -0.0533 e. The van der Waals surface area contributed by atoms with Crippen LogP contribution in [0.1, 0.15) is 210 Å². The Morgan fingerprint density at radius 1 is 0.188 bits per heavy atom. The molecule has 0 unspecified atom stereocenters. The molecule has 0 aliphatic heterocycles. The highest BCUT2D eigenvalue weighted by Gasteiger charge is 1.89. The van der Waals surface area contributed by atoms with Gasteiger partial charge in [0.15, 0.2) is 0 Å².